The Morgan fingerprint density at radius 1 is 1.36 bits per heavy atom. The highest BCUT2D eigenvalue weighted by Crippen LogP contribution is 2.39. The molecule has 0 spiro atoms. The average Bonchev–Trinajstić information content (AvgIpc) is 2.53. The van der Waals surface area contributed by atoms with Gasteiger partial charge in [0.15, 0.2) is 6.29 Å². The molecule has 1 aliphatic carbocycles. The Morgan fingerprint density at radius 3 is 2.77 bits per heavy atom. The van der Waals surface area contributed by atoms with Gasteiger partial charge in [-0.25, -0.2) is 0 Å². The van der Waals surface area contributed by atoms with Crippen LogP contribution in [0.15, 0.2) is 18.2 Å². The lowest BCUT2D eigenvalue weighted by atomic mass is 9.70. The van der Waals surface area contributed by atoms with E-state index in [9.17, 15) is 15.0 Å². The molecule has 0 aromatic heterocycles. The van der Waals surface area contributed by atoms with Gasteiger partial charge in [0.05, 0.1) is 17.8 Å². The fourth-order valence-electron chi connectivity index (χ4n) is 3.46. The van der Waals surface area contributed by atoms with E-state index in [4.69, 9.17) is 4.74 Å². The Hall–Kier alpha value is -1.55. The normalized spacial score (nSPS) is 24.5. The minimum Gasteiger partial charge on any atom is -0.507 e. The van der Waals surface area contributed by atoms with Crippen LogP contribution in [0, 0.1) is 11.8 Å². The zero-order valence-corrected chi connectivity index (χ0v) is 13.4. The van der Waals surface area contributed by atoms with Gasteiger partial charge < -0.3 is 14.9 Å². The number of hydrogen-bond donors (Lipinski definition) is 2. The van der Waals surface area contributed by atoms with Crippen LogP contribution in [-0.4, -0.2) is 28.7 Å². The number of phenols is 1. The number of benzene rings is 1. The van der Waals surface area contributed by atoms with Gasteiger partial charge >= 0.3 is 0 Å². The SMILES string of the molecule is CCC(C)(O)C1CCCCC1COc1cccc(O)c1C=O. The van der Waals surface area contributed by atoms with Crippen molar-refractivity contribution >= 4 is 6.29 Å². The molecule has 1 fully saturated rings. The molecule has 0 amide bonds. The van der Waals surface area contributed by atoms with Crippen molar-refractivity contribution in [2.24, 2.45) is 11.8 Å². The molecule has 3 atom stereocenters. The first-order valence-corrected chi connectivity index (χ1v) is 8.12. The lowest BCUT2D eigenvalue weighted by molar-refractivity contribution is -0.0543. The number of carbonyl (C=O) groups is 1. The number of rotatable bonds is 6. The van der Waals surface area contributed by atoms with Crippen LogP contribution in [-0.2, 0) is 0 Å². The molecule has 0 aliphatic heterocycles. The van der Waals surface area contributed by atoms with Gasteiger partial charge in [-0.05, 0) is 50.2 Å². The maximum absolute atomic E-state index is 11.1. The van der Waals surface area contributed by atoms with Crippen molar-refractivity contribution in [3.05, 3.63) is 23.8 Å². The third-order valence-electron chi connectivity index (χ3n) is 5.04. The topological polar surface area (TPSA) is 66.8 Å². The van der Waals surface area contributed by atoms with Gasteiger partial charge in [-0.1, -0.05) is 25.8 Å². The average molecular weight is 306 g/mol. The first kappa shape index (κ1) is 16.8. The third-order valence-corrected chi connectivity index (χ3v) is 5.04. The van der Waals surface area contributed by atoms with Crippen LogP contribution in [0.25, 0.3) is 0 Å². The Kier molecular flexibility index (Phi) is 5.46. The summed E-state index contributed by atoms with van der Waals surface area (Å²) >= 11 is 0. The second kappa shape index (κ2) is 7.14. The molecule has 2 rings (SSSR count). The molecule has 4 nitrogen and oxygen atoms in total. The number of aldehydes is 1. The van der Waals surface area contributed by atoms with Crippen LogP contribution in [0.5, 0.6) is 11.5 Å². The summed E-state index contributed by atoms with van der Waals surface area (Å²) in [6, 6.07) is 4.83. The van der Waals surface area contributed by atoms with Crippen LogP contribution in [0.1, 0.15) is 56.3 Å². The molecule has 1 saturated carbocycles. The van der Waals surface area contributed by atoms with Gasteiger partial charge in [-0.3, -0.25) is 4.79 Å². The molecule has 0 saturated heterocycles. The summed E-state index contributed by atoms with van der Waals surface area (Å²) in [6.45, 7) is 4.37. The van der Waals surface area contributed by atoms with Gasteiger partial charge in [0.2, 0.25) is 0 Å². The molecular weight excluding hydrogens is 280 g/mol. The van der Waals surface area contributed by atoms with E-state index in [1.807, 2.05) is 13.8 Å². The Bertz CT molecular complexity index is 510. The fourth-order valence-corrected chi connectivity index (χ4v) is 3.46. The van der Waals surface area contributed by atoms with E-state index < -0.39 is 5.60 Å². The number of carbonyl (C=O) groups excluding carboxylic acids is 1. The van der Waals surface area contributed by atoms with Crippen molar-refractivity contribution in [2.45, 2.75) is 51.6 Å². The number of aliphatic hydroxyl groups is 1. The largest absolute Gasteiger partial charge is 0.507 e. The second-order valence-electron chi connectivity index (χ2n) is 6.48. The molecule has 2 N–H and O–H groups in total. The monoisotopic (exact) mass is 306 g/mol. The van der Waals surface area contributed by atoms with Crippen molar-refractivity contribution in [1.82, 2.24) is 0 Å². The molecule has 0 bridgehead atoms. The summed E-state index contributed by atoms with van der Waals surface area (Å²) in [5, 5.41) is 20.3. The molecule has 0 heterocycles. The minimum absolute atomic E-state index is 0.0618. The first-order chi connectivity index (χ1) is 10.5. The molecule has 122 valence electrons. The van der Waals surface area contributed by atoms with Crippen molar-refractivity contribution in [3.8, 4) is 11.5 Å². The number of aromatic hydroxyl groups is 1. The molecule has 1 aromatic rings. The van der Waals surface area contributed by atoms with Gasteiger partial charge in [-0.15, -0.1) is 0 Å². The van der Waals surface area contributed by atoms with Crippen molar-refractivity contribution in [2.75, 3.05) is 6.61 Å². The molecule has 3 unspecified atom stereocenters. The minimum atomic E-state index is -0.680. The highest BCUT2D eigenvalue weighted by Gasteiger charge is 2.38. The fraction of sp³-hybridized carbons (Fsp3) is 0.611. The van der Waals surface area contributed by atoms with Gasteiger partial charge in [0.25, 0.3) is 0 Å². The Morgan fingerprint density at radius 2 is 2.09 bits per heavy atom. The summed E-state index contributed by atoms with van der Waals surface area (Å²) in [7, 11) is 0. The summed E-state index contributed by atoms with van der Waals surface area (Å²) in [5.74, 6) is 0.831. The van der Waals surface area contributed by atoms with E-state index in [0.29, 0.717) is 18.6 Å². The number of hydrogen-bond acceptors (Lipinski definition) is 4. The van der Waals surface area contributed by atoms with Crippen molar-refractivity contribution in [1.29, 1.82) is 0 Å². The highest BCUT2D eigenvalue weighted by molar-refractivity contribution is 5.83. The molecule has 1 aliphatic rings. The van der Waals surface area contributed by atoms with Crippen LogP contribution < -0.4 is 4.74 Å². The lowest BCUT2D eigenvalue weighted by Gasteiger charge is -2.40. The van der Waals surface area contributed by atoms with E-state index in [0.717, 1.165) is 32.1 Å². The standard InChI is InChI=1S/C18H26O4/c1-3-18(2,21)15-8-5-4-7-13(15)12-22-17-10-6-9-16(20)14(17)11-19/h6,9-11,13,15,20-21H,3-5,7-8,12H2,1-2H3. The van der Waals surface area contributed by atoms with Crippen LogP contribution in [0.4, 0.5) is 0 Å². The van der Waals surface area contributed by atoms with E-state index in [2.05, 4.69) is 0 Å². The van der Waals surface area contributed by atoms with Crippen LogP contribution in [0.3, 0.4) is 0 Å². The van der Waals surface area contributed by atoms with Gasteiger partial charge in [-0.2, -0.15) is 0 Å². The quantitative estimate of drug-likeness (QED) is 0.789. The van der Waals surface area contributed by atoms with E-state index >= 15 is 0 Å². The highest BCUT2D eigenvalue weighted by atomic mass is 16.5. The summed E-state index contributed by atoms with van der Waals surface area (Å²) in [4.78, 5) is 11.1. The summed E-state index contributed by atoms with van der Waals surface area (Å²) < 4.78 is 5.82. The summed E-state index contributed by atoms with van der Waals surface area (Å²) in [6.07, 6.45) is 5.66. The third kappa shape index (κ3) is 3.61. The van der Waals surface area contributed by atoms with Gasteiger partial charge in [0.1, 0.15) is 11.5 Å². The van der Waals surface area contributed by atoms with Crippen LogP contribution >= 0.6 is 0 Å². The first-order valence-electron chi connectivity index (χ1n) is 8.12. The predicted molar refractivity (Wildman–Crippen MR) is 85.4 cm³/mol. The maximum Gasteiger partial charge on any atom is 0.157 e. The Balaban J connectivity index is 2.09. The molecule has 1 aromatic carbocycles. The smallest absolute Gasteiger partial charge is 0.157 e. The zero-order valence-electron chi connectivity index (χ0n) is 13.4. The maximum atomic E-state index is 11.1. The zero-order chi connectivity index (χ0) is 16.2. The number of phenolic OH excluding ortho intramolecular Hbond substituents is 1. The van der Waals surface area contributed by atoms with Crippen molar-refractivity contribution in [3.63, 3.8) is 0 Å². The molecule has 22 heavy (non-hydrogen) atoms. The Labute approximate surface area is 132 Å². The van der Waals surface area contributed by atoms with E-state index in [1.54, 1.807) is 12.1 Å². The molecule has 4 heteroatoms. The molecule has 0 radical (unpaired) electrons. The lowest BCUT2D eigenvalue weighted by Crippen LogP contribution is -2.42. The van der Waals surface area contributed by atoms with E-state index in [-0.39, 0.29) is 23.1 Å². The van der Waals surface area contributed by atoms with Crippen molar-refractivity contribution < 1.29 is 19.7 Å². The predicted octanol–water partition coefficient (Wildman–Crippen LogP) is 3.55. The van der Waals surface area contributed by atoms with Crippen LogP contribution in [0.2, 0.25) is 0 Å². The number of ether oxygens (including phenoxy) is 1. The van der Waals surface area contributed by atoms with Gasteiger partial charge in [0, 0.05) is 0 Å². The second-order valence-corrected chi connectivity index (χ2v) is 6.48. The summed E-state index contributed by atoms with van der Waals surface area (Å²) in [5.41, 5.74) is -0.488. The van der Waals surface area contributed by atoms with E-state index in [1.165, 1.54) is 6.07 Å². The molecular formula is C18H26O4.